The third kappa shape index (κ3) is 5.03. The number of halogens is 1. The molecule has 0 bridgehead atoms. The van der Waals surface area contributed by atoms with Crippen molar-refractivity contribution in [2.24, 2.45) is 0 Å². The molecule has 6 nitrogen and oxygen atoms in total. The Kier molecular flexibility index (Phi) is 6.69. The number of benzene rings is 3. The van der Waals surface area contributed by atoms with Gasteiger partial charge in [-0.3, -0.25) is 4.79 Å². The quantitative estimate of drug-likeness (QED) is 0.422. The lowest BCUT2D eigenvalue weighted by Gasteiger charge is -2.13. The Morgan fingerprint density at radius 2 is 1.76 bits per heavy atom. The number of nitrogens with zero attached hydrogens (tertiary/aromatic N) is 2. The van der Waals surface area contributed by atoms with Crippen LogP contribution >= 0.6 is 0 Å². The van der Waals surface area contributed by atoms with Gasteiger partial charge in [0.05, 0.1) is 24.6 Å². The second-order valence-corrected chi connectivity index (χ2v) is 7.45. The van der Waals surface area contributed by atoms with Crippen molar-refractivity contribution in [1.29, 1.82) is 0 Å². The lowest BCUT2D eigenvalue weighted by atomic mass is 10.2. The van der Waals surface area contributed by atoms with Gasteiger partial charge < -0.3 is 14.8 Å². The molecule has 4 aromatic rings. The van der Waals surface area contributed by atoms with Crippen LogP contribution in [0.5, 0.6) is 11.5 Å². The second-order valence-electron chi connectivity index (χ2n) is 7.45. The Morgan fingerprint density at radius 1 is 1.00 bits per heavy atom. The van der Waals surface area contributed by atoms with Crippen molar-refractivity contribution < 1.29 is 18.7 Å². The highest BCUT2D eigenvalue weighted by atomic mass is 19.1. The molecule has 1 N–H and O–H groups in total. The molecule has 0 saturated heterocycles. The zero-order chi connectivity index (χ0) is 23.2. The van der Waals surface area contributed by atoms with E-state index in [1.165, 1.54) is 16.9 Å². The standard InChI is InChI=1S/C26H24FN3O3/c1-18-21(16-29-30(18)23-11-7-6-10-22(23)27)26(31)28-15-20-12-13-24(25(14-20)32-2)33-17-19-8-4-3-5-9-19/h3-14,16H,15,17H2,1-2H3,(H,28,31). The van der Waals surface area contributed by atoms with Crippen molar-refractivity contribution in [3.8, 4) is 17.2 Å². The van der Waals surface area contributed by atoms with E-state index < -0.39 is 5.82 Å². The highest BCUT2D eigenvalue weighted by Gasteiger charge is 2.17. The molecule has 7 heteroatoms. The Bertz CT molecular complexity index is 1250. The van der Waals surface area contributed by atoms with Gasteiger partial charge in [0.1, 0.15) is 18.1 Å². The third-order valence-electron chi connectivity index (χ3n) is 5.25. The van der Waals surface area contributed by atoms with Crippen LogP contribution in [-0.4, -0.2) is 22.8 Å². The fourth-order valence-corrected chi connectivity index (χ4v) is 3.45. The van der Waals surface area contributed by atoms with E-state index in [2.05, 4.69) is 10.4 Å². The lowest BCUT2D eigenvalue weighted by Crippen LogP contribution is -2.23. The number of amides is 1. The van der Waals surface area contributed by atoms with E-state index in [-0.39, 0.29) is 5.91 Å². The maximum Gasteiger partial charge on any atom is 0.255 e. The maximum absolute atomic E-state index is 14.1. The monoisotopic (exact) mass is 445 g/mol. The van der Waals surface area contributed by atoms with E-state index in [0.29, 0.717) is 41.6 Å². The summed E-state index contributed by atoms with van der Waals surface area (Å²) in [5.41, 5.74) is 3.14. The molecular weight excluding hydrogens is 421 g/mol. The summed E-state index contributed by atoms with van der Waals surface area (Å²) < 4.78 is 26.9. The van der Waals surface area contributed by atoms with Gasteiger partial charge in [-0.2, -0.15) is 5.10 Å². The number of aromatic nitrogens is 2. The van der Waals surface area contributed by atoms with Crippen molar-refractivity contribution in [3.63, 3.8) is 0 Å². The molecule has 3 aromatic carbocycles. The first kappa shape index (κ1) is 22.1. The minimum atomic E-state index is -0.405. The van der Waals surface area contributed by atoms with Crippen LogP contribution in [0.4, 0.5) is 4.39 Å². The van der Waals surface area contributed by atoms with Crippen LogP contribution in [-0.2, 0) is 13.2 Å². The first-order valence-electron chi connectivity index (χ1n) is 10.5. The van der Waals surface area contributed by atoms with Gasteiger partial charge in [0.2, 0.25) is 0 Å². The number of ether oxygens (including phenoxy) is 2. The molecule has 0 radical (unpaired) electrons. The van der Waals surface area contributed by atoms with E-state index in [4.69, 9.17) is 9.47 Å². The number of nitrogens with one attached hydrogen (secondary N) is 1. The summed E-state index contributed by atoms with van der Waals surface area (Å²) in [6.07, 6.45) is 1.44. The minimum Gasteiger partial charge on any atom is -0.493 e. The number of hydrogen-bond acceptors (Lipinski definition) is 4. The summed E-state index contributed by atoms with van der Waals surface area (Å²) in [6, 6.07) is 21.7. The van der Waals surface area contributed by atoms with Crippen LogP contribution < -0.4 is 14.8 Å². The van der Waals surface area contributed by atoms with Gasteiger partial charge in [0, 0.05) is 6.54 Å². The molecule has 0 aliphatic rings. The molecule has 0 fully saturated rings. The summed E-state index contributed by atoms with van der Waals surface area (Å²) in [5.74, 6) is 0.510. The summed E-state index contributed by atoms with van der Waals surface area (Å²) in [4.78, 5) is 12.7. The van der Waals surface area contributed by atoms with Crippen LogP contribution in [0.2, 0.25) is 0 Å². The zero-order valence-electron chi connectivity index (χ0n) is 18.4. The number of methoxy groups -OCH3 is 1. The van der Waals surface area contributed by atoms with Crippen LogP contribution in [0.25, 0.3) is 5.69 Å². The molecular formula is C26H24FN3O3. The van der Waals surface area contributed by atoms with Crippen molar-refractivity contribution in [3.05, 3.63) is 107 Å². The van der Waals surface area contributed by atoms with Crippen molar-refractivity contribution in [1.82, 2.24) is 15.1 Å². The molecule has 0 aliphatic carbocycles. The van der Waals surface area contributed by atoms with Crippen molar-refractivity contribution >= 4 is 5.91 Å². The molecule has 1 amide bonds. The first-order valence-corrected chi connectivity index (χ1v) is 10.5. The number of para-hydroxylation sites is 1. The molecule has 33 heavy (non-hydrogen) atoms. The predicted molar refractivity (Wildman–Crippen MR) is 123 cm³/mol. The maximum atomic E-state index is 14.1. The molecule has 168 valence electrons. The van der Waals surface area contributed by atoms with Gasteiger partial charge >= 0.3 is 0 Å². The predicted octanol–water partition coefficient (Wildman–Crippen LogP) is 4.84. The Labute approximate surface area is 191 Å². The molecule has 0 spiro atoms. The largest absolute Gasteiger partial charge is 0.493 e. The topological polar surface area (TPSA) is 65.4 Å². The summed E-state index contributed by atoms with van der Waals surface area (Å²) in [5, 5.41) is 7.07. The minimum absolute atomic E-state index is 0.290. The highest BCUT2D eigenvalue weighted by Crippen LogP contribution is 2.29. The molecule has 0 saturated carbocycles. The van der Waals surface area contributed by atoms with Gasteiger partial charge in [0.15, 0.2) is 11.5 Å². The van der Waals surface area contributed by atoms with Crippen LogP contribution in [0.15, 0.2) is 79.0 Å². The molecule has 4 rings (SSSR count). The van der Waals surface area contributed by atoms with Gasteiger partial charge in [-0.1, -0.05) is 48.5 Å². The molecule has 1 heterocycles. The Morgan fingerprint density at radius 3 is 2.52 bits per heavy atom. The molecule has 0 atom stereocenters. The number of carbonyl (C=O) groups excluding carboxylic acids is 1. The second kappa shape index (κ2) is 9.99. The van der Waals surface area contributed by atoms with E-state index in [1.54, 1.807) is 32.2 Å². The summed E-state index contributed by atoms with van der Waals surface area (Å²) in [6.45, 7) is 2.45. The van der Waals surface area contributed by atoms with Crippen LogP contribution in [0, 0.1) is 12.7 Å². The SMILES string of the molecule is COc1cc(CNC(=O)c2cnn(-c3ccccc3F)c2C)ccc1OCc1ccccc1. The van der Waals surface area contributed by atoms with E-state index in [9.17, 15) is 9.18 Å². The Balaban J connectivity index is 1.42. The fourth-order valence-electron chi connectivity index (χ4n) is 3.45. The summed E-state index contributed by atoms with van der Waals surface area (Å²) in [7, 11) is 1.58. The van der Waals surface area contributed by atoms with Gasteiger partial charge in [-0.05, 0) is 42.3 Å². The first-order chi connectivity index (χ1) is 16.1. The Hall–Kier alpha value is -4.13. The third-order valence-corrected chi connectivity index (χ3v) is 5.25. The lowest BCUT2D eigenvalue weighted by molar-refractivity contribution is 0.0950. The normalized spacial score (nSPS) is 10.6. The highest BCUT2D eigenvalue weighted by molar-refractivity contribution is 5.95. The van der Waals surface area contributed by atoms with E-state index in [1.807, 2.05) is 48.5 Å². The fraction of sp³-hybridized carbons (Fsp3) is 0.154. The molecule has 0 unspecified atom stereocenters. The van der Waals surface area contributed by atoms with E-state index in [0.717, 1.165) is 11.1 Å². The van der Waals surface area contributed by atoms with Crippen LogP contribution in [0.1, 0.15) is 27.2 Å². The van der Waals surface area contributed by atoms with Gasteiger partial charge in [0.25, 0.3) is 5.91 Å². The van der Waals surface area contributed by atoms with Crippen LogP contribution in [0.3, 0.4) is 0 Å². The average Bonchev–Trinajstić information content (AvgIpc) is 3.23. The van der Waals surface area contributed by atoms with Crippen molar-refractivity contribution in [2.75, 3.05) is 7.11 Å². The number of hydrogen-bond donors (Lipinski definition) is 1. The average molecular weight is 445 g/mol. The van der Waals surface area contributed by atoms with Crippen molar-refractivity contribution in [2.45, 2.75) is 20.1 Å². The molecule has 0 aliphatic heterocycles. The van der Waals surface area contributed by atoms with Gasteiger partial charge in [-0.25, -0.2) is 9.07 Å². The van der Waals surface area contributed by atoms with E-state index >= 15 is 0 Å². The number of carbonyl (C=O) groups is 1. The molecule has 1 aromatic heterocycles. The smallest absolute Gasteiger partial charge is 0.255 e. The van der Waals surface area contributed by atoms with Gasteiger partial charge in [-0.15, -0.1) is 0 Å². The number of rotatable bonds is 8. The summed E-state index contributed by atoms with van der Waals surface area (Å²) >= 11 is 0. The zero-order valence-corrected chi connectivity index (χ0v) is 18.4.